The van der Waals surface area contributed by atoms with Gasteiger partial charge >= 0.3 is 0 Å². The molecule has 0 fully saturated rings. The number of rotatable bonds is 4. The number of nitrogens with one attached hydrogen (secondary N) is 1. The van der Waals surface area contributed by atoms with Gasteiger partial charge in [0.1, 0.15) is 0 Å². The summed E-state index contributed by atoms with van der Waals surface area (Å²) >= 11 is 9.49. The molecule has 2 aromatic carbocycles. The number of carbonyl (C=O) groups excluding carboxylic acids is 1. The van der Waals surface area contributed by atoms with Gasteiger partial charge in [-0.3, -0.25) is 4.79 Å². The molecule has 1 heterocycles. The minimum absolute atomic E-state index is 0.282. The Labute approximate surface area is 152 Å². The Morgan fingerprint density at radius 3 is 2.62 bits per heavy atom. The molecule has 0 saturated heterocycles. The Morgan fingerprint density at radius 1 is 1.21 bits per heavy atom. The highest BCUT2D eigenvalue weighted by Crippen LogP contribution is 2.17. The van der Waals surface area contributed by atoms with Gasteiger partial charge in [-0.1, -0.05) is 50.9 Å². The second-order valence-corrected chi connectivity index (χ2v) is 6.51. The molecule has 3 aromatic rings. The lowest BCUT2D eigenvalue weighted by Gasteiger charge is -2.06. The van der Waals surface area contributed by atoms with Gasteiger partial charge in [0.2, 0.25) is 0 Å². The molecule has 0 atom stereocenters. The Bertz CT molecular complexity index is 877. The third-order valence-electron chi connectivity index (χ3n) is 3.58. The van der Waals surface area contributed by atoms with E-state index >= 15 is 0 Å². The largest absolute Gasteiger partial charge is 0.346 e. The number of benzene rings is 2. The predicted octanol–water partition coefficient (Wildman–Crippen LogP) is 3.92. The molecule has 0 bridgehead atoms. The van der Waals surface area contributed by atoms with Crippen molar-refractivity contribution in [1.82, 2.24) is 20.3 Å². The Kier molecular flexibility index (Phi) is 4.97. The van der Waals surface area contributed by atoms with E-state index in [4.69, 9.17) is 11.6 Å². The second kappa shape index (κ2) is 7.15. The SMILES string of the molecule is Cc1c(C(=O)NCc2ccccc2Cl)nnn1-c1ccc(Br)cc1. The predicted molar refractivity (Wildman–Crippen MR) is 96.4 cm³/mol. The lowest BCUT2D eigenvalue weighted by molar-refractivity contribution is 0.0945. The second-order valence-electron chi connectivity index (χ2n) is 5.19. The van der Waals surface area contributed by atoms with E-state index in [1.807, 2.05) is 49.4 Å². The average Bonchev–Trinajstić information content (AvgIpc) is 2.96. The van der Waals surface area contributed by atoms with E-state index < -0.39 is 0 Å². The summed E-state index contributed by atoms with van der Waals surface area (Å²) in [6.07, 6.45) is 0. The van der Waals surface area contributed by atoms with Crippen LogP contribution in [0, 0.1) is 6.92 Å². The van der Waals surface area contributed by atoms with Crippen LogP contribution in [0.2, 0.25) is 5.02 Å². The molecule has 1 aromatic heterocycles. The first-order valence-corrected chi connectivity index (χ1v) is 8.43. The molecule has 0 saturated carbocycles. The Hall–Kier alpha value is -2.18. The molecule has 3 rings (SSSR count). The number of hydrogen-bond donors (Lipinski definition) is 1. The molecule has 1 amide bonds. The van der Waals surface area contributed by atoms with Gasteiger partial charge in [-0.2, -0.15) is 0 Å². The zero-order chi connectivity index (χ0) is 17.1. The zero-order valence-electron chi connectivity index (χ0n) is 12.8. The average molecular weight is 406 g/mol. The molecule has 0 aliphatic carbocycles. The van der Waals surface area contributed by atoms with Gasteiger partial charge in [0.15, 0.2) is 5.69 Å². The fraction of sp³-hybridized carbons (Fsp3) is 0.118. The molecule has 0 aliphatic rings. The summed E-state index contributed by atoms with van der Waals surface area (Å²) in [5.74, 6) is -0.282. The maximum atomic E-state index is 12.4. The normalized spacial score (nSPS) is 10.6. The van der Waals surface area contributed by atoms with Crippen LogP contribution < -0.4 is 5.32 Å². The summed E-state index contributed by atoms with van der Waals surface area (Å²) in [4.78, 5) is 12.4. The minimum atomic E-state index is -0.282. The number of amides is 1. The Balaban J connectivity index is 1.76. The molecule has 0 aliphatic heterocycles. The highest BCUT2D eigenvalue weighted by molar-refractivity contribution is 9.10. The third kappa shape index (κ3) is 3.49. The van der Waals surface area contributed by atoms with E-state index in [9.17, 15) is 4.79 Å². The van der Waals surface area contributed by atoms with Crippen molar-refractivity contribution in [3.63, 3.8) is 0 Å². The van der Waals surface area contributed by atoms with E-state index in [1.165, 1.54) is 0 Å². The maximum absolute atomic E-state index is 12.4. The van der Waals surface area contributed by atoms with E-state index in [0.717, 1.165) is 15.7 Å². The van der Waals surface area contributed by atoms with Crippen LogP contribution >= 0.6 is 27.5 Å². The van der Waals surface area contributed by atoms with Gasteiger partial charge in [-0.05, 0) is 42.8 Å². The van der Waals surface area contributed by atoms with Crippen molar-refractivity contribution in [3.8, 4) is 5.69 Å². The van der Waals surface area contributed by atoms with Crippen molar-refractivity contribution in [2.24, 2.45) is 0 Å². The molecule has 0 unspecified atom stereocenters. The maximum Gasteiger partial charge on any atom is 0.274 e. The first-order chi connectivity index (χ1) is 11.6. The van der Waals surface area contributed by atoms with Crippen LogP contribution in [0.3, 0.4) is 0 Å². The van der Waals surface area contributed by atoms with Crippen molar-refractivity contribution in [2.75, 3.05) is 0 Å². The highest BCUT2D eigenvalue weighted by atomic mass is 79.9. The number of carbonyl (C=O) groups is 1. The van der Waals surface area contributed by atoms with Crippen LogP contribution in [-0.4, -0.2) is 20.9 Å². The van der Waals surface area contributed by atoms with Gasteiger partial charge in [-0.25, -0.2) is 4.68 Å². The minimum Gasteiger partial charge on any atom is -0.346 e. The van der Waals surface area contributed by atoms with Gasteiger partial charge in [-0.15, -0.1) is 5.10 Å². The first kappa shape index (κ1) is 16.7. The van der Waals surface area contributed by atoms with E-state index in [1.54, 1.807) is 10.7 Å². The van der Waals surface area contributed by atoms with Gasteiger partial charge in [0, 0.05) is 16.0 Å². The molecule has 122 valence electrons. The van der Waals surface area contributed by atoms with Crippen LogP contribution in [0.1, 0.15) is 21.7 Å². The summed E-state index contributed by atoms with van der Waals surface area (Å²) in [5.41, 5.74) is 2.66. The van der Waals surface area contributed by atoms with Crippen molar-refractivity contribution >= 4 is 33.4 Å². The molecule has 0 spiro atoms. The zero-order valence-corrected chi connectivity index (χ0v) is 15.2. The number of hydrogen-bond acceptors (Lipinski definition) is 3. The molecular weight excluding hydrogens is 392 g/mol. The standard InChI is InChI=1S/C17H14BrClN4O/c1-11-16(17(24)20-10-12-4-2-3-5-15(12)19)21-22-23(11)14-8-6-13(18)7-9-14/h2-9H,10H2,1H3,(H,20,24). The van der Waals surface area contributed by atoms with E-state index in [0.29, 0.717) is 23.0 Å². The van der Waals surface area contributed by atoms with E-state index in [-0.39, 0.29) is 5.91 Å². The molecule has 1 N–H and O–H groups in total. The molecule has 0 radical (unpaired) electrons. The van der Waals surface area contributed by atoms with Crippen LogP contribution in [0.4, 0.5) is 0 Å². The van der Waals surface area contributed by atoms with Gasteiger partial charge in [0.05, 0.1) is 11.4 Å². The molecule has 24 heavy (non-hydrogen) atoms. The first-order valence-electron chi connectivity index (χ1n) is 7.26. The van der Waals surface area contributed by atoms with Crippen molar-refractivity contribution in [1.29, 1.82) is 0 Å². The van der Waals surface area contributed by atoms with Crippen molar-refractivity contribution in [3.05, 3.63) is 75.0 Å². The van der Waals surface area contributed by atoms with Gasteiger partial charge in [0.25, 0.3) is 5.91 Å². The highest BCUT2D eigenvalue weighted by Gasteiger charge is 2.17. The molecular formula is C17H14BrClN4O. The summed E-state index contributed by atoms with van der Waals surface area (Å²) in [5, 5.41) is 11.5. The smallest absolute Gasteiger partial charge is 0.274 e. The van der Waals surface area contributed by atoms with Crippen LogP contribution in [0.25, 0.3) is 5.69 Å². The van der Waals surface area contributed by atoms with Crippen LogP contribution in [0.5, 0.6) is 0 Å². The lowest BCUT2D eigenvalue weighted by atomic mass is 10.2. The van der Waals surface area contributed by atoms with Crippen molar-refractivity contribution in [2.45, 2.75) is 13.5 Å². The fourth-order valence-electron chi connectivity index (χ4n) is 2.27. The monoisotopic (exact) mass is 404 g/mol. The number of aromatic nitrogens is 3. The topological polar surface area (TPSA) is 59.8 Å². The quantitative estimate of drug-likeness (QED) is 0.715. The van der Waals surface area contributed by atoms with Crippen LogP contribution in [0.15, 0.2) is 53.0 Å². The number of nitrogens with zero attached hydrogens (tertiary/aromatic N) is 3. The summed E-state index contributed by atoms with van der Waals surface area (Å²) in [7, 11) is 0. The summed E-state index contributed by atoms with van der Waals surface area (Å²) < 4.78 is 2.61. The van der Waals surface area contributed by atoms with Crippen molar-refractivity contribution < 1.29 is 4.79 Å². The molecule has 5 nitrogen and oxygen atoms in total. The van der Waals surface area contributed by atoms with Gasteiger partial charge < -0.3 is 5.32 Å². The summed E-state index contributed by atoms with van der Waals surface area (Å²) in [6, 6.07) is 15.0. The fourth-order valence-corrected chi connectivity index (χ4v) is 2.73. The third-order valence-corrected chi connectivity index (χ3v) is 4.48. The lowest BCUT2D eigenvalue weighted by Crippen LogP contribution is -2.24. The van der Waals surface area contributed by atoms with E-state index in [2.05, 4.69) is 31.6 Å². The number of halogens is 2. The summed E-state index contributed by atoms with van der Waals surface area (Å²) in [6.45, 7) is 2.15. The van der Waals surface area contributed by atoms with Crippen LogP contribution in [-0.2, 0) is 6.54 Å². The molecule has 7 heteroatoms. The Morgan fingerprint density at radius 2 is 1.92 bits per heavy atom.